The van der Waals surface area contributed by atoms with Gasteiger partial charge in [0.05, 0.1) is 17.6 Å². The van der Waals surface area contributed by atoms with Gasteiger partial charge in [-0.3, -0.25) is 14.5 Å². The SMILES string of the molecule is CCCCN1C(=O)[C@@H]([C@H](O)C2CCCCC2)CC(=O)C12CCN(Cc1ccc(Oc3ccc(C(=O)O)cc3)cc1)CC2. The van der Waals surface area contributed by atoms with Crippen LogP contribution < -0.4 is 4.74 Å². The average molecular weight is 577 g/mol. The molecule has 5 rings (SSSR count). The van der Waals surface area contributed by atoms with Crippen LogP contribution in [-0.4, -0.2) is 68.9 Å². The Morgan fingerprint density at radius 3 is 2.19 bits per heavy atom. The van der Waals surface area contributed by atoms with Crippen molar-refractivity contribution in [2.24, 2.45) is 11.8 Å². The molecule has 42 heavy (non-hydrogen) atoms. The number of likely N-dealkylation sites (tertiary alicyclic amines) is 2. The Balaban J connectivity index is 1.20. The van der Waals surface area contributed by atoms with E-state index in [9.17, 15) is 19.5 Å². The van der Waals surface area contributed by atoms with Gasteiger partial charge in [0.25, 0.3) is 0 Å². The molecule has 2 atom stereocenters. The van der Waals surface area contributed by atoms with E-state index in [-0.39, 0.29) is 29.6 Å². The molecule has 2 aromatic carbocycles. The zero-order valence-electron chi connectivity index (χ0n) is 24.7. The van der Waals surface area contributed by atoms with Crippen molar-refractivity contribution in [1.82, 2.24) is 9.80 Å². The summed E-state index contributed by atoms with van der Waals surface area (Å²) in [4.78, 5) is 43.0. The number of amides is 1. The van der Waals surface area contributed by atoms with E-state index in [4.69, 9.17) is 9.84 Å². The van der Waals surface area contributed by atoms with E-state index >= 15 is 0 Å². The highest BCUT2D eigenvalue weighted by atomic mass is 16.5. The number of ketones is 1. The quantitative estimate of drug-likeness (QED) is 0.375. The molecule has 0 bridgehead atoms. The molecule has 226 valence electrons. The number of carboxylic acid groups (broad SMARTS) is 1. The molecule has 2 aromatic rings. The molecule has 8 nitrogen and oxygen atoms in total. The monoisotopic (exact) mass is 576 g/mol. The summed E-state index contributed by atoms with van der Waals surface area (Å²) < 4.78 is 5.86. The van der Waals surface area contributed by atoms with Crippen LogP contribution in [0.2, 0.25) is 0 Å². The Morgan fingerprint density at radius 2 is 1.60 bits per heavy atom. The Morgan fingerprint density at radius 1 is 0.976 bits per heavy atom. The van der Waals surface area contributed by atoms with Crippen LogP contribution in [0.25, 0.3) is 0 Å². The maximum atomic E-state index is 13.9. The van der Waals surface area contributed by atoms with Crippen LogP contribution in [0.15, 0.2) is 48.5 Å². The minimum atomic E-state index is -0.972. The number of carbonyl (C=O) groups is 3. The highest BCUT2D eigenvalue weighted by molar-refractivity contribution is 6.00. The van der Waals surface area contributed by atoms with Gasteiger partial charge >= 0.3 is 5.97 Å². The Kier molecular flexibility index (Phi) is 9.63. The van der Waals surface area contributed by atoms with Crippen LogP contribution >= 0.6 is 0 Å². The molecule has 2 heterocycles. The molecule has 0 radical (unpaired) electrons. The van der Waals surface area contributed by atoms with Gasteiger partial charge in [0.15, 0.2) is 5.78 Å². The molecule has 2 aliphatic heterocycles. The first-order chi connectivity index (χ1) is 20.3. The lowest BCUT2D eigenvalue weighted by Gasteiger charge is -2.52. The summed E-state index contributed by atoms with van der Waals surface area (Å²) in [7, 11) is 0. The molecule has 8 heteroatoms. The van der Waals surface area contributed by atoms with Crippen molar-refractivity contribution in [3.05, 3.63) is 59.7 Å². The van der Waals surface area contributed by atoms with E-state index in [0.29, 0.717) is 30.9 Å². The number of unbranched alkanes of at least 4 members (excludes halogenated alkanes) is 1. The first kappa shape index (κ1) is 30.2. The van der Waals surface area contributed by atoms with Gasteiger partial charge in [-0.25, -0.2) is 4.79 Å². The van der Waals surface area contributed by atoms with Gasteiger partial charge in [-0.1, -0.05) is 44.7 Å². The normalized spacial score (nSPS) is 22.3. The number of ether oxygens (including phenoxy) is 1. The number of aliphatic hydroxyl groups excluding tert-OH is 1. The molecular formula is C34H44N2O6. The number of hydrogen-bond acceptors (Lipinski definition) is 6. The zero-order chi connectivity index (χ0) is 29.7. The molecule has 0 aromatic heterocycles. The first-order valence-electron chi connectivity index (χ1n) is 15.7. The fraction of sp³-hybridized carbons (Fsp3) is 0.559. The van der Waals surface area contributed by atoms with Gasteiger partial charge < -0.3 is 19.8 Å². The number of carbonyl (C=O) groups excluding carboxylic acids is 2. The fourth-order valence-electron chi connectivity index (χ4n) is 7.10. The number of hydrogen-bond donors (Lipinski definition) is 2. The maximum Gasteiger partial charge on any atom is 0.335 e. The maximum absolute atomic E-state index is 13.9. The van der Waals surface area contributed by atoms with Gasteiger partial charge in [0.1, 0.15) is 17.0 Å². The summed E-state index contributed by atoms with van der Waals surface area (Å²) in [6, 6.07) is 14.2. The van der Waals surface area contributed by atoms with E-state index in [1.165, 1.54) is 18.6 Å². The predicted octanol–water partition coefficient (Wildman–Crippen LogP) is 5.67. The Hall–Kier alpha value is -3.23. The predicted molar refractivity (Wildman–Crippen MR) is 159 cm³/mol. The summed E-state index contributed by atoms with van der Waals surface area (Å²) >= 11 is 0. The number of carboxylic acids is 1. The number of rotatable bonds is 10. The lowest BCUT2D eigenvalue weighted by atomic mass is 9.70. The minimum absolute atomic E-state index is 0.0113. The van der Waals surface area contributed by atoms with Gasteiger partial charge in [0, 0.05) is 32.6 Å². The van der Waals surface area contributed by atoms with E-state index in [1.54, 1.807) is 12.1 Å². The molecule has 3 aliphatic rings. The summed E-state index contributed by atoms with van der Waals surface area (Å²) in [5, 5.41) is 20.3. The van der Waals surface area contributed by atoms with Crippen LogP contribution in [0, 0.1) is 11.8 Å². The largest absolute Gasteiger partial charge is 0.478 e. The molecule has 1 spiro atoms. The van der Waals surface area contributed by atoms with Gasteiger partial charge in [-0.05, 0) is 80.0 Å². The van der Waals surface area contributed by atoms with Gasteiger partial charge in [0.2, 0.25) is 5.91 Å². The highest BCUT2D eigenvalue weighted by Crippen LogP contribution is 2.41. The number of aliphatic hydroxyl groups is 1. The Labute approximate surface area is 248 Å². The molecule has 0 unspecified atom stereocenters. The third-order valence-electron chi connectivity index (χ3n) is 9.65. The second-order valence-corrected chi connectivity index (χ2v) is 12.3. The van der Waals surface area contributed by atoms with Crippen molar-refractivity contribution in [3.8, 4) is 11.5 Å². The molecule has 2 saturated heterocycles. The number of Topliss-reactive ketones (excluding diaryl/α,β-unsaturated/α-hetero) is 1. The van der Waals surface area contributed by atoms with Gasteiger partial charge in [-0.15, -0.1) is 0 Å². The number of aromatic carboxylic acids is 1. The number of benzene rings is 2. The van der Waals surface area contributed by atoms with Gasteiger partial charge in [-0.2, -0.15) is 0 Å². The number of piperidine rings is 2. The van der Waals surface area contributed by atoms with E-state index < -0.39 is 23.5 Å². The lowest BCUT2D eigenvalue weighted by molar-refractivity contribution is -0.167. The first-order valence-corrected chi connectivity index (χ1v) is 15.7. The van der Waals surface area contributed by atoms with Crippen LogP contribution in [0.3, 0.4) is 0 Å². The lowest BCUT2D eigenvalue weighted by Crippen LogP contribution is -2.67. The van der Waals surface area contributed by atoms with E-state index in [2.05, 4.69) is 11.8 Å². The third kappa shape index (κ3) is 6.55. The third-order valence-corrected chi connectivity index (χ3v) is 9.65. The summed E-state index contributed by atoms with van der Waals surface area (Å²) in [6.45, 7) is 4.88. The van der Waals surface area contributed by atoms with Crippen LogP contribution in [0.5, 0.6) is 11.5 Å². The van der Waals surface area contributed by atoms with Crippen LogP contribution in [-0.2, 0) is 16.1 Å². The van der Waals surface area contributed by atoms with Crippen molar-refractivity contribution in [1.29, 1.82) is 0 Å². The number of nitrogens with zero attached hydrogens (tertiary/aromatic N) is 2. The second kappa shape index (κ2) is 13.4. The summed E-state index contributed by atoms with van der Waals surface area (Å²) in [5.41, 5.74) is 0.592. The van der Waals surface area contributed by atoms with Crippen LogP contribution in [0.4, 0.5) is 0 Å². The Bertz CT molecular complexity index is 1230. The van der Waals surface area contributed by atoms with Crippen molar-refractivity contribution in [3.63, 3.8) is 0 Å². The fourth-order valence-corrected chi connectivity index (χ4v) is 7.10. The zero-order valence-corrected chi connectivity index (χ0v) is 24.7. The van der Waals surface area contributed by atoms with E-state index in [0.717, 1.165) is 63.7 Å². The highest BCUT2D eigenvalue weighted by Gasteiger charge is 2.54. The smallest absolute Gasteiger partial charge is 0.335 e. The molecule has 1 amide bonds. The molecule has 1 aliphatic carbocycles. The molecule has 1 saturated carbocycles. The summed E-state index contributed by atoms with van der Waals surface area (Å²) in [6.07, 6.45) is 7.76. The molecule has 3 fully saturated rings. The van der Waals surface area contributed by atoms with Crippen molar-refractivity contribution in [2.45, 2.75) is 89.3 Å². The van der Waals surface area contributed by atoms with E-state index in [1.807, 2.05) is 29.2 Å². The van der Waals surface area contributed by atoms with Crippen molar-refractivity contribution >= 4 is 17.7 Å². The minimum Gasteiger partial charge on any atom is -0.478 e. The molecular weight excluding hydrogens is 532 g/mol. The van der Waals surface area contributed by atoms with Crippen molar-refractivity contribution < 1.29 is 29.3 Å². The molecule has 2 N–H and O–H groups in total. The standard InChI is InChI=1S/C34H44N2O6/c1-2-3-19-36-32(39)29(31(38)25-7-5-4-6-8-25)22-30(37)34(36)17-20-35(21-18-34)23-24-9-13-27(14-10-24)42-28-15-11-26(12-16-28)33(40)41/h9-16,25,29,31,38H,2-8,17-23H2,1H3,(H,40,41)/t29-,31-/m1/s1. The van der Waals surface area contributed by atoms with Crippen LogP contribution in [0.1, 0.15) is 87.1 Å². The topological polar surface area (TPSA) is 107 Å². The van der Waals surface area contributed by atoms with Crippen molar-refractivity contribution in [2.75, 3.05) is 19.6 Å². The summed E-state index contributed by atoms with van der Waals surface area (Å²) in [5.74, 6) is -0.0847. The second-order valence-electron chi connectivity index (χ2n) is 12.3. The average Bonchev–Trinajstić information content (AvgIpc) is 3.01.